The molecule has 0 saturated carbocycles. The van der Waals surface area contributed by atoms with Gasteiger partial charge in [-0.25, -0.2) is 4.98 Å². The van der Waals surface area contributed by atoms with Gasteiger partial charge in [0.1, 0.15) is 5.60 Å². The van der Waals surface area contributed by atoms with Gasteiger partial charge in [0.05, 0.1) is 6.26 Å². The fraction of sp³-hybridized carbons (Fsp3) is 0.471. The lowest BCUT2D eigenvalue weighted by Crippen LogP contribution is -2.61. The minimum absolute atomic E-state index is 0.0297. The molecule has 0 aromatic carbocycles. The first-order valence-corrected chi connectivity index (χ1v) is 8.66. The van der Waals surface area contributed by atoms with Crippen molar-refractivity contribution in [2.24, 2.45) is 5.92 Å². The molecule has 1 unspecified atom stereocenters. The van der Waals surface area contributed by atoms with Crippen LogP contribution in [0.5, 0.6) is 5.88 Å². The number of fused-ring (bicyclic) bond motifs is 3. The third-order valence-electron chi connectivity index (χ3n) is 5.47. The van der Waals surface area contributed by atoms with Gasteiger partial charge >= 0.3 is 0 Å². The van der Waals surface area contributed by atoms with Gasteiger partial charge in [-0.05, 0) is 54.0 Å². The number of nitrogens with zero attached hydrogens (tertiary/aromatic N) is 2. The molecule has 3 fully saturated rings. The number of halogens is 1. The molecule has 6 rings (SSSR count). The Kier molecular flexibility index (Phi) is 2.74. The van der Waals surface area contributed by atoms with Gasteiger partial charge in [0.15, 0.2) is 4.67 Å². The lowest BCUT2D eigenvalue weighted by Gasteiger charge is -2.50. The molecular formula is C17H17BrN2O2. The highest BCUT2D eigenvalue weighted by molar-refractivity contribution is 9.10. The number of furan rings is 1. The third kappa shape index (κ3) is 1.82. The third-order valence-corrected chi connectivity index (χ3v) is 6.08. The van der Waals surface area contributed by atoms with Crippen LogP contribution in [0.3, 0.4) is 0 Å². The van der Waals surface area contributed by atoms with Crippen LogP contribution < -0.4 is 4.74 Å². The Bertz CT molecular complexity index is 736. The normalized spacial score (nSPS) is 32.2. The lowest BCUT2D eigenvalue weighted by molar-refractivity contribution is -0.0814. The second kappa shape index (κ2) is 4.59. The summed E-state index contributed by atoms with van der Waals surface area (Å²) in [6.45, 7) is 3.51. The zero-order valence-electron chi connectivity index (χ0n) is 12.2. The zero-order valence-corrected chi connectivity index (χ0v) is 13.8. The summed E-state index contributed by atoms with van der Waals surface area (Å²) in [6.07, 6.45) is 7.08. The van der Waals surface area contributed by atoms with Crippen molar-refractivity contribution in [2.75, 3.05) is 19.6 Å². The minimum Gasteiger partial charge on any atom is -0.469 e. The summed E-state index contributed by atoms with van der Waals surface area (Å²) in [6, 6.07) is 4.18. The smallest absolute Gasteiger partial charge is 0.217 e. The molecule has 2 aromatic heterocycles. The van der Waals surface area contributed by atoms with E-state index < -0.39 is 0 Å². The number of hydrogen-bond donors (Lipinski definition) is 0. The second-order valence-electron chi connectivity index (χ2n) is 6.69. The number of piperidine rings is 3. The quantitative estimate of drug-likeness (QED) is 0.779. The summed E-state index contributed by atoms with van der Waals surface area (Å²) in [5.41, 5.74) is 3.34. The molecule has 0 aliphatic carbocycles. The van der Waals surface area contributed by atoms with Gasteiger partial charge in [0.25, 0.3) is 0 Å². The average Bonchev–Trinajstić information content (AvgIpc) is 3.10. The van der Waals surface area contributed by atoms with Crippen LogP contribution in [-0.2, 0) is 6.42 Å². The topological polar surface area (TPSA) is 38.5 Å². The van der Waals surface area contributed by atoms with Crippen LogP contribution in [0.2, 0.25) is 0 Å². The van der Waals surface area contributed by atoms with E-state index in [1.807, 2.05) is 12.3 Å². The Morgan fingerprint density at radius 1 is 1.32 bits per heavy atom. The maximum atomic E-state index is 6.38. The standard InChI is InChI=1S/C17H17BrN2O2/c18-15-14(3-6-21-15)12-7-11-8-17(22-16(11)19-9-12)10-20-4-1-13(17)2-5-20/h3,6-7,9,13H,1-2,4-5,8,10H2. The van der Waals surface area contributed by atoms with Crippen LogP contribution in [0.4, 0.5) is 0 Å². The summed E-state index contributed by atoms with van der Waals surface area (Å²) < 4.78 is 12.5. The Hall–Kier alpha value is -1.33. The van der Waals surface area contributed by atoms with Crippen LogP contribution in [-0.4, -0.2) is 35.1 Å². The SMILES string of the molecule is Brc1occc1-c1cnc2c(c1)CC1(CN3CCC1CC3)O2. The monoisotopic (exact) mass is 360 g/mol. The van der Waals surface area contributed by atoms with Gasteiger partial charge < -0.3 is 9.15 Å². The van der Waals surface area contributed by atoms with Crippen molar-refractivity contribution in [1.82, 2.24) is 9.88 Å². The Labute approximate surface area is 137 Å². The van der Waals surface area contributed by atoms with Crippen molar-refractivity contribution < 1.29 is 9.15 Å². The number of ether oxygens (including phenoxy) is 1. The van der Waals surface area contributed by atoms with Crippen molar-refractivity contribution in [3.05, 3.63) is 34.8 Å². The molecule has 6 heterocycles. The molecule has 0 N–H and O–H groups in total. The molecule has 0 radical (unpaired) electrons. The van der Waals surface area contributed by atoms with E-state index in [1.54, 1.807) is 6.26 Å². The molecule has 3 saturated heterocycles. The molecule has 0 amide bonds. The molecule has 1 spiro atoms. The van der Waals surface area contributed by atoms with Crippen LogP contribution in [0.15, 0.2) is 33.7 Å². The summed E-state index contributed by atoms with van der Waals surface area (Å²) >= 11 is 3.45. The van der Waals surface area contributed by atoms with Gasteiger partial charge in [-0.15, -0.1) is 0 Å². The number of aromatic nitrogens is 1. The van der Waals surface area contributed by atoms with Gasteiger partial charge in [0.2, 0.25) is 5.88 Å². The summed E-state index contributed by atoms with van der Waals surface area (Å²) in [4.78, 5) is 7.13. The van der Waals surface area contributed by atoms with Crippen molar-refractivity contribution >= 4 is 15.9 Å². The fourth-order valence-corrected chi connectivity index (χ4v) is 4.82. The van der Waals surface area contributed by atoms with Gasteiger partial charge in [-0.3, -0.25) is 4.90 Å². The number of pyridine rings is 1. The number of rotatable bonds is 1. The van der Waals surface area contributed by atoms with Crippen molar-refractivity contribution in [2.45, 2.75) is 24.9 Å². The highest BCUT2D eigenvalue weighted by Crippen LogP contribution is 2.46. The van der Waals surface area contributed by atoms with E-state index in [-0.39, 0.29) is 5.60 Å². The van der Waals surface area contributed by atoms with Gasteiger partial charge in [-0.2, -0.15) is 0 Å². The molecular weight excluding hydrogens is 344 g/mol. The van der Waals surface area contributed by atoms with Gasteiger partial charge in [0, 0.05) is 41.8 Å². The van der Waals surface area contributed by atoms with Crippen molar-refractivity contribution in [3.63, 3.8) is 0 Å². The molecule has 22 heavy (non-hydrogen) atoms. The summed E-state index contributed by atoms with van der Waals surface area (Å²) in [5, 5.41) is 0. The van der Waals surface area contributed by atoms with E-state index in [0.717, 1.165) is 34.6 Å². The molecule has 4 nitrogen and oxygen atoms in total. The highest BCUT2D eigenvalue weighted by atomic mass is 79.9. The van der Waals surface area contributed by atoms with Crippen LogP contribution in [0.1, 0.15) is 18.4 Å². The van der Waals surface area contributed by atoms with E-state index in [1.165, 1.54) is 31.5 Å². The zero-order chi connectivity index (χ0) is 14.7. The molecule has 2 aromatic rings. The first kappa shape index (κ1) is 13.1. The fourth-order valence-electron chi connectivity index (χ4n) is 4.36. The summed E-state index contributed by atoms with van der Waals surface area (Å²) in [5.74, 6) is 1.51. The molecule has 2 bridgehead atoms. The van der Waals surface area contributed by atoms with Crippen LogP contribution >= 0.6 is 15.9 Å². The minimum atomic E-state index is -0.0297. The predicted molar refractivity (Wildman–Crippen MR) is 85.9 cm³/mol. The average molecular weight is 361 g/mol. The Morgan fingerprint density at radius 3 is 2.86 bits per heavy atom. The van der Waals surface area contributed by atoms with Gasteiger partial charge in [-0.1, -0.05) is 0 Å². The predicted octanol–water partition coefficient (Wildman–Crippen LogP) is 3.50. The van der Waals surface area contributed by atoms with Crippen LogP contribution in [0, 0.1) is 5.92 Å². The molecule has 1 atom stereocenters. The molecule has 4 aliphatic rings. The molecule has 5 heteroatoms. The van der Waals surface area contributed by atoms with Crippen LogP contribution in [0.25, 0.3) is 11.1 Å². The van der Waals surface area contributed by atoms with E-state index in [9.17, 15) is 0 Å². The van der Waals surface area contributed by atoms with Crippen molar-refractivity contribution in [1.29, 1.82) is 0 Å². The summed E-state index contributed by atoms with van der Waals surface area (Å²) in [7, 11) is 0. The first-order chi connectivity index (χ1) is 10.7. The molecule has 114 valence electrons. The lowest BCUT2D eigenvalue weighted by atomic mass is 9.73. The maximum Gasteiger partial charge on any atom is 0.217 e. The molecule has 4 aliphatic heterocycles. The van der Waals surface area contributed by atoms with E-state index in [2.05, 4.69) is 31.9 Å². The Morgan fingerprint density at radius 2 is 2.18 bits per heavy atom. The van der Waals surface area contributed by atoms with Crippen molar-refractivity contribution in [3.8, 4) is 17.0 Å². The first-order valence-electron chi connectivity index (χ1n) is 7.87. The maximum absolute atomic E-state index is 6.38. The van der Waals surface area contributed by atoms with E-state index in [0.29, 0.717) is 5.92 Å². The largest absolute Gasteiger partial charge is 0.469 e. The second-order valence-corrected chi connectivity index (χ2v) is 7.41. The highest BCUT2D eigenvalue weighted by Gasteiger charge is 2.52. The van der Waals surface area contributed by atoms with E-state index in [4.69, 9.17) is 9.15 Å². The van der Waals surface area contributed by atoms with E-state index >= 15 is 0 Å². The number of hydrogen-bond acceptors (Lipinski definition) is 4. The Balaban J connectivity index is 1.51.